The number of hydrogen-bond donors (Lipinski definition) is 0. The molecule has 1 saturated carbocycles. The van der Waals surface area contributed by atoms with Crippen molar-refractivity contribution in [3.63, 3.8) is 0 Å². The molecule has 2 heterocycles. The van der Waals surface area contributed by atoms with Crippen LogP contribution in [0.5, 0.6) is 11.6 Å². The van der Waals surface area contributed by atoms with E-state index in [4.69, 9.17) is 14.5 Å². The highest BCUT2D eigenvalue weighted by atomic mass is 16.5. The Bertz CT molecular complexity index is 1060. The summed E-state index contributed by atoms with van der Waals surface area (Å²) in [6.45, 7) is 4.13. The molecule has 1 aliphatic rings. The monoisotopic (exact) mass is 393 g/mol. The Kier molecular flexibility index (Phi) is 5.26. The topological polar surface area (TPSA) is 66.2 Å². The highest BCUT2D eigenvalue weighted by Gasteiger charge is 2.29. The third kappa shape index (κ3) is 3.84. The average Bonchev–Trinajstić information content (AvgIpc) is 3.32. The molecule has 0 N–H and O–H groups in total. The van der Waals surface area contributed by atoms with Gasteiger partial charge in [0.05, 0.1) is 23.7 Å². The molecule has 0 amide bonds. The third-order valence-corrected chi connectivity index (χ3v) is 5.79. The van der Waals surface area contributed by atoms with E-state index in [1.807, 2.05) is 32.3 Å². The van der Waals surface area contributed by atoms with Crippen molar-refractivity contribution in [3.05, 3.63) is 36.0 Å². The minimum Gasteiger partial charge on any atom is -0.496 e. The number of benzene rings is 1. The number of carbonyl (C=O) groups is 1. The van der Waals surface area contributed by atoms with Gasteiger partial charge in [0.2, 0.25) is 5.88 Å². The lowest BCUT2D eigenvalue weighted by Gasteiger charge is -2.20. The zero-order valence-corrected chi connectivity index (χ0v) is 17.4. The molecule has 29 heavy (non-hydrogen) atoms. The van der Waals surface area contributed by atoms with Crippen LogP contribution in [0, 0.1) is 5.92 Å². The Morgan fingerprint density at radius 2 is 2.14 bits per heavy atom. The first-order valence-corrected chi connectivity index (χ1v) is 10.2. The summed E-state index contributed by atoms with van der Waals surface area (Å²) in [6.07, 6.45) is 4.87. The first kappa shape index (κ1) is 19.4. The van der Waals surface area contributed by atoms with Crippen LogP contribution in [0.2, 0.25) is 0 Å². The number of ether oxygens (including phenoxy) is 2. The summed E-state index contributed by atoms with van der Waals surface area (Å²) in [5.41, 5.74) is 3.74. The second-order valence-corrected chi connectivity index (χ2v) is 7.79. The molecule has 1 aliphatic carbocycles. The normalized spacial score (nSPS) is 17.7. The van der Waals surface area contributed by atoms with E-state index in [-0.39, 0.29) is 12.0 Å². The molecule has 152 valence electrons. The quantitative estimate of drug-likeness (QED) is 0.623. The molecule has 6 heteroatoms. The fraction of sp³-hybridized carbons (Fsp3) is 0.435. The van der Waals surface area contributed by atoms with Crippen LogP contribution in [0.25, 0.3) is 22.2 Å². The number of fused-ring (bicyclic) bond motifs is 1. The Balaban J connectivity index is 1.73. The van der Waals surface area contributed by atoms with Crippen LogP contribution < -0.4 is 9.47 Å². The lowest BCUT2D eigenvalue weighted by Crippen LogP contribution is -2.22. The van der Waals surface area contributed by atoms with Gasteiger partial charge in [-0.15, -0.1) is 0 Å². The van der Waals surface area contributed by atoms with Gasteiger partial charge in [-0.05, 0) is 37.5 Å². The van der Waals surface area contributed by atoms with Gasteiger partial charge in [-0.1, -0.05) is 19.1 Å². The fourth-order valence-electron chi connectivity index (χ4n) is 4.06. The molecule has 0 aliphatic heterocycles. The van der Waals surface area contributed by atoms with Gasteiger partial charge in [-0.2, -0.15) is 5.10 Å². The number of aryl methyl sites for hydroxylation is 2. The summed E-state index contributed by atoms with van der Waals surface area (Å²) in [5, 5.41) is 5.44. The van der Waals surface area contributed by atoms with Crippen molar-refractivity contribution in [2.45, 2.75) is 45.6 Å². The van der Waals surface area contributed by atoms with E-state index in [0.29, 0.717) is 24.5 Å². The van der Waals surface area contributed by atoms with Gasteiger partial charge < -0.3 is 9.47 Å². The summed E-state index contributed by atoms with van der Waals surface area (Å²) in [6, 6.07) is 8.12. The van der Waals surface area contributed by atoms with Crippen molar-refractivity contribution in [2.24, 2.45) is 13.0 Å². The number of rotatable bonds is 6. The molecule has 0 unspecified atom stereocenters. The minimum absolute atomic E-state index is 0.0791. The maximum Gasteiger partial charge on any atom is 0.225 e. The predicted molar refractivity (Wildman–Crippen MR) is 112 cm³/mol. The number of carbonyl (C=O) groups excluding carboxylic acids is 1. The lowest BCUT2D eigenvalue weighted by atomic mass is 10.0. The third-order valence-electron chi connectivity index (χ3n) is 5.79. The molecule has 1 fully saturated rings. The van der Waals surface area contributed by atoms with Crippen molar-refractivity contribution >= 4 is 16.7 Å². The van der Waals surface area contributed by atoms with Crippen LogP contribution in [-0.4, -0.2) is 33.8 Å². The summed E-state index contributed by atoms with van der Waals surface area (Å²) in [4.78, 5) is 16.5. The first-order chi connectivity index (χ1) is 14.0. The number of pyridine rings is 1. The number of Topliss-reactive ketones (excluding diaryl/α,β-unsaturated/α-hetero) is 1. The molecule has 1 aromatic carbocycles. The second kappa shape index (κ2) is 7.85. The van der Waals surface area contributed by atoms with E-state index in [1.54, 1.807) is 11.8 Å². The summed E-state index contributed by atoms with van der Waals surface area (Å²) in [5.74, 6) is 1.98. The van der Waals surface area contributed by atoms with Crippen molar-refractivity contribution in [2.75, 3.05) is 7.11 Å². The molecule has 0 radical (unpaired) electrons. The first-order valence-electron chi connectivity index (χ1n) is 10.2. The Hall–Kier alpha value is -2.89. The van der Waals surface area contributed by atoms with Gasteiger partial charge in [0.1, 0.15) is 17.6 Å². The van der Waals surface area contributed by atoms with Crippen molar-refractivity contribution in [1.29, 1.82) is 0 Å². The van der Waals surface area contributed by atoms with E-state index < -0.39 is 0 Å². The zero-order chi connectivity index (χ0) is 20.5. The Labute approximate surface area is 170 Å². The number of aromatic nitrogens is 3. The molecule has 0 spiro atoms. The van der Waals surface area contributed by atoms with Gasteiger partial charge in [0, 0.05) is 37.6 Å². The highest BCUT2D eigenvalue weighted by Crippen LogP contribution is 2.34. The van der Waals surface area contributed by atoms with E-state index in [1.165, 1.54) is 0 Å². The van der Waals surface area contributed by atoms with Crippen molar-refractivity contribution in [1.82, 2.24) is 14.8 Å². The number of ketones is 1. The average molecular weight is 393 g/mol. The Morgan fingerprint density at radius 3 is 2.83 bits per heavy atom. The van der Waals surface area contributed by atoms with E-state index >= 15 is 0 Å². The summed E-state index contributed by atoms with van der Waals surface area (Å²) >= 11 is 0. The summed E-state index contributed by atoms with van der Waals surface area (Å²) < 4.78 is 13.6. The van der Waals surface area contributed by atoms with Crippen LogP contribution in [-0.2, 0) is 18.3 Å². The highest BCUT2D eigenvalue weighted by molar-refractivity contribution is 5.87. The standard InChI is InChI=1S/C23H27N3O3/c1-5-15-6-7-17(11-22(15)28-4)20-12-21-19(13-26(3)25-21)23(24-20)29-14(2)16-8-9-18(27)10-16/h6-7,11-14,16H,5,8-10H2,1-4H3/t14-,16+/m1/s1. The molecule has 3 aromatic rings. The lowest BCUT2D eigenvalue weighted by molar-refractivity contribution is -0.117. The van der Waals surface area contributed by atoms with Crippen LogP contribution in [0.4, 0.5) is 0 Å². The van der Waals surface area contributed by atoms with E-state index in [0.717, 1.165) is 46.3 Å². The number of methoxy groups -OCH3 is 1. The predicted octanol–water partition coefficient (Wildman–Crippen LogP) is 4.34. The molecule has 6 nitrogen and oxygen atoms in total. The van der Waals surface area contributed by atoms with E-state index in [2.05, 4.69) is 24.2 Å². The minimum atomic E-state index is -0.0791. The molecule has 0 bridgehead atoms. The smallest absolute Gasteiger partial charge is 0.225 e. The largest absolute Gasteiger partial charge is 0.496 e. The molecule has 0 saturated heterocycles. The van der Waals surface area contributed by atoms with Gasteiger partial charge in [0.15, 0.2) is 0 Å². The fourth-order valence-corrected chi connectivity index (χ4v) is 4.06. The number of hydrogen-bond acceptors (Lipinski definition) is 5. The van der Waals surface area contributed by atoms with Crippen molar-refractivity contribution in [3.8, 4) is 22.9 Å². The van der Waals surface area contributed by atoms with Crippen LogP contribution >= 0.6 is 0 Å². The van der Waals surface area contributed by atoms with Crippen molar-refractivity contribution < 1.29 is 14.3 Å². The van der Waals surface area contributed by atoms with Crippen LogP contribution in [0.1, 0.15) is 38.7 Å². The zero-order valence-electron chi connectivity index (χ0n) is 17.4. The van der Waals surface area contributed by atoms with Crippen LogP contribution in [0.3, 0.4) is 0 Å². The molecule has 4 rings (SSSR count). The summed E-state index contributed by atoms with van der Waals surface area (Å²) in [7, 11) is 3.58. The second-order valence-electron chi connectivity index (χ2n) is 7.79. The maximum absolute atomic E-state index is 11.7. The number of nitrogens with zero attached hydrogens (tertiary/aromatic N) is 3. The molecule has 2 atom stereocenters. The van der Waals surface area contributed by atoms with Gasteiger partial charge in [-0.25, -0.2) is 4.98 Å². The van der Waals surface area contributed by atoms with Gasteiger partial charge in [0.25, 0.3) is 0 Å². The molecular weight excluding hydrogens is 366 g/mol. The van der Waals surface area contributed by atoms with Gasteiger partial charge >= 0.3 is 0 Å². The van der Waals surface area contributed by atoms with Crippen LogP contribution in [0.15, 0.2) is 30.5 Å². The SMILES string of the molecule is CCc1ccc(-c2cc3nn(C)cc3c(O[C@H](C)[C@H]3CCC(=O)C3)n2)cc1OC. The van der Waals surface area contributed by atoms with E-state index in [9.17, 15) is 4.79 Å². The molecular formula is C23H27N3O3. The maximum atomic E-state index is 11.7. The molecule has 2 aromatic heterocycles. The van der Waals surface area contributed by atoms with Gasteiger partial charge in [-0.3, -0.25) is 9.48 Å². The Morgan fingerprint density at radius 1 is 1.31 bits per heavy atom.